The van der Waals surface area contributed by atoms with Crippen LogP contribution in [0.5, 0.6) is 0 Å². The maximum absolute atomic E-state index is 5.70. The monoisotopic (exact) mass is 268 g/mol. The molecule has 0 aromatic rings. The van der Waals surface area contributed by atoms with E-state index in [1.54, 1.807) is 0 Å². The topological polar surface area (TPSA) is 62.9 Å². The smallest absolute Gasteiger partial charge is 0.208 e. The maximum Gasteiger partial charge on any atom is 0.208 e. The largest absolute Gasteiger partial charge is 0.376 e. The second-order valence-electron chi connectivity index (χ2n) is 5.56. The number of aliphatic imine (C=N–C) groups is 1. The SMILES string of the molecule is CCN(CC1CCCO1)C(=NC1CCCCC1)NN. The van der Waals surface area contributed by atoms with Crippen LogP contribution >= 0.6 is 0 Å². The average Bonchev–Trinajstić information content (AvgIpc) is 2.96. The second-order valence-corrected chi connectivity index (χ2v) is 5.56. The molecular weight excluding hydrogens is 240 g/mol. The summed E-state index contributed by atoms with van der Waals surface area (Å²) in [7, 11) is 0. The molecule has 1 aliphatic carbocycles. The highest BCUT2D eigenvalue weighted by molar-refractivity contribution is 5.79. The lowest BCUT2D eigenvalue weighted by Crippen LogP contribution is -2.48. The molecular formula is C14H28N4O. The molecule has 0 radical (unpaired) electrons. The first kappa shape index (κ1) is 14.6. The zero-order valence-corrected chi connectivity index (χ0v) is 12.1. The number of hydrogen-bond donors (Lipinski definition) is 2. The van der Waals surface area contributed by atoms with Crippen LogP contribution in [0.15, 0.2) is 4.99 Å². The van der Waals surface area contributed by atoms with Gasteiger partial charge >= 0.3 is 0 Å². The van der Waals surface area contributed by atoms with Crippen molar-refractivity contribution in [3.8, 4) is 0 Å². The van der Waals surface area contributed by atoms with Gasteiger partial charge in [-0.15, -0.1) is 0 Å². The van der Waals surface area contributed by atoms with E-state index >= 15 is 0 Å². The summed E-state index contributed by atoms with van der Waals surface area (Å²) in [5, 5.41) is 0. The van der Waals surface area contributed by atoms with Gasteiger partial charge in [0.1, 0.15) is 0 Å². The molecule has 5 heteroatoms. The van der Waals surface area contributed by atoms with Crippen LogP contribution in [0.25, 0.3) is 0 Å². The standard InChI is InChI=1S/C14H28N4O/c1-2-18(11-13-9-6-10-19-13)14(17-15)16-12-7-4-3-5-8-12/h12-13H,2-11,15H2,1H3,(H,16,17). The van der Waals surface area contributed by atoms with Crippen molar-refractivity contribution in [3.05, 3.63) is 0 Å². The van der Waals surface area contributed by atoms with Gasteiger partial charge in [0.05, 0.1) is 12.1 Å². The van der Waals surface area contributed by atoms with Crippen LogP contribution in [0.2, 0.25) is 0 Å². The van der Waals surface area contributed by atoms with Crippen LogP contribution in [0.3, 0.4) is 0 Å². The molecule has 0 amide bonds. The summed E-state index contributed by atoms with van der Waals surface area (Å²) in [6.45, 7) is 4.85. The summed E-state index contributed by atoms with van der Waals surface area (Å²) in [4.78, 5) is 7.03. The lowest BCUT2D eigenvalue weighted by Gasteiger charge is -2.28. The van der Waals surface area contributed by atoms with E-state index in [0.29, 0.717) is 12.1 Å². The quantitative estimate of drug-likeness (QED) is 0.352. The molecule has 2 rings (SSSR count). The molecule has 110 valence electrons. The zero-order chi connectivity index (χ0) is 13.5. The van der Waals surface area contributed by atoms with Crippen molar-refractivity contribution >= 4 is 5.96 Å². The fourth-order valence-corrected chi connectivity index (χ4v) is 2.99. The number of hydrogen-bond acceptors (Lipinski definition) is 3. The molecule has 0 spiro atoms. The van der Waals surface area contributed by atoms with Gasteiger partial charge in [0, 0.05) is 19.7 Å². The van der Waals surface area contributed by atoms with Gasteiger partial charge in [-0.1, -0.05) is 19.3 Å². The number of rotatable bonds is 4. The van der Waals surface area contributed by atoms with Crippen molar-refractivity contribution in [1.29, 1.82) is 0 Å². The van der Waals surface area contributed by atoms with Gasteiger partial charge in [-0.25, -0.2) is 10.8 Å². The highest BCUT2D eigenvalue weighted by Crippen LogP contribution is 2.20. The van der Waals surface area contributed by atoms with E-state index in [1.165, 1.54) is 38.5 Å². The number of nitrogens with zero attached hydrogens (tertiary/aromatic N) is 2. The van der Waals surface area contributed by atoms with Crippen molar-refractivity contribution in [2.75, 3.05) is 19.7 Å². The highest BCUT2D eigenvalue weighted by atomic mass is 16.5. The van der Waals surface area contributed by atoms with Crippen molar-refractivity contribution < 1.29 is 4.74 Å². The Balaban J connectivity index is 1.93. The Morgan fingerprint density at radius 2 is 2.05 bits per heavy atom. The van der Waals surface area contributed by atoms with Crippen molar-refractivity contribution in [1.82, 2.24) is 10.3 Å². The van der Waals surface area contributed by atoms with Gasteiger partial charge in [0.25, 0.3) is 0 Å². The molecule has 1 saturated heterocycles. The van der Waals surface area contributed by atoms with Gasteiger partial charge < -0.3 is 9.64 Å². The first-order valence-corrected chi connectivity index (χ1v) is 7.74. The van der Waals surface area contributed by atoms with E-state index in [0.717, 1.165) is 32.1 Å². The molecule has 5 nitrogen and oxygen atoms in total. The molecule has 19 heavy (non-hydrogen) atoms. The van der Waals surface area contributed by atoms with Gasteiger partial charge in [0.2, 0.25) is 5.96 Å². The third-order valence-electron chi connectivity index (χ3n) is 4.14. The Morgan fingerprint density at radius 1 is 1.26 bits per heavy atom. The predicted octanol–water partition coefficient (Wildman–Crippen LogP) is 1.64. The number of guanidine groups is 1. The van der Waals surface area contributed by atoms with Crippen LogP contribution in [0.1, 0.15) is 51.9 Å². The van der Waals surface area contributed by atoms with E-state index in [4.69, 9.17) is 15.6 Å². The first-order chi connectivity index (χ1) is 9.33. The molecule has 0 bridgehead atoms. The van der Waals surface area contributed by atoms with Gasteiger partial charge in [-0.05, 0) is 32.6 Å². The minimum Gasteiger partial charge on any atom is -0.376 e. The fraction of sp³-hybridized carbons (Fsp3) is 0.929. The summed E-state index contributed by atoms with van der Waals surface area (Å²) < 4.78 is 5.70. The highest BCUT2D eigenvalue weighted by Gasteiger charge is 2.21. The average molecular weight is 268 g/mol. The Labute approximate surface area is 116 Å². The summed E-state index contributed by atoms with van der Waals surface area (Å²) in [5.41, 5.74) is 2.79. The minimum absolute atomic E-state index is 0.338. The molecule has 2 fully saturated rings. The second kappa shape index (κ2) is 7.70. The van der Waals surface area contributed by atoms with Crippen LogP contribution in [-0.2, 0) is 4.74 Å². The van der Waals surface area contributed by atoms with E-state index in [9.17, 15) is 0 Å². The zero-order valence-electron chi connectivity index (χ0n) is 12.1. The number of nitrogens with two attached hydrogens (primary N) is 1. The van der Waals surface area contributed by atoms with Crippen LogP contribution in [0.4, 0.5) is 0 Å². The van der Waals surface area contributed by atoms with Gasteiger partial charge in [0.15, 0.2) is 0 Å². The van der Waals surface area contributed by atoms with E-state index in [2.05, 4.69) is 17.2 Å². The molecule has 1 atom stereocenters. The normalized spacial score (nSPS) is 25.6. The Morgan fingerprint density at radius 3 is 2.63 bits per heavy atom. The van der Waals surface area contributed by atoms with Gasteiger partial charge in [-0.3, -0.25) is 5.43 Å². The molecule has 0 aromatic carbocycles. The Kier molecular flexibility index (Phi) is 5.92. The minimum atomic E-state index is 0.338. The molecule has 3 N–H and O–H groups in total. The third kappa shape index (κ3) is 4.35. The first-order valence-electron chi connectivity index (χ1n) is 7.74. The lowest BCUT2D eigenvalue weighted by atomic mass is 9.96. The van der Waals surface area contributed by atoms with E-state index in [-0.39, 0.29) is 0 Å². The third-order valence-corrected chi connectivity index (χ3v) is 4.14. The van der Waals surface area contributed by atoms with Crippen LogP contribution < -0.4 is 11.3 Å². The van der Waals surface area contributed by atoms with E-state index in [1.807, 2.05) is 0 Å². The Hall–Kier alpha value is -0.810. The van der Waals surface area contributed by atoms with E-state index < -0.39 is 0 Å². The number of hydrazine groups is 1. The maximum atomic E-state index is 5.70. The summed E-state index contributed by atoms with van der Waals surface area (Å²) in [6, 6.07) is 0.443. The van der Waals surface area contributed by atoms with Crippen molar-refractivity contribution in [2.45, 2.75) is 64.0 Å². The molecule has 1 heterocycles. The van der Waals surface area contributed by atoms with Crippen LogP contribution in [-0.4, -0.2) is 42.7 Å². The molecule has 2 aliphatic rings. The molecule has 1 saturated carbocycles. The molecule has 1 aliphatic heterocycles. The Bertz CT molecular complexity index is 283. The summed E-state index contributed by atoms with van der Waals surface area (Å²) in [5.74, 6) is 6.52. The molecule has 0 aromatic heterocycles. The number of nitrogens with one attached hydrogen (secondary N) is 1. The lowest BCUT2D eigenvalue weighted by molar-refractivity contribution is 0.0913. The molecule has 1 unspecified atom stereocenters. The summed E-state index contributed by atoms with van der Waals surface area (Å²) in [6.07, 6.45) is 9.00. The van der Waals surface area contributed by atoms with Crippen molar-refractivity contribution in [2.24, 2.45) is 10.8 Å². The van der Waals surface area contributed by atoms with Crippen molar-refractivity contribution in [3.63, 3.8) is 0 Å². The predicted molar refractivity (Wildman–Crippen MR) is 77.9 cm³/mol. The number of likely N-dealkylation sites (N-methyl/N-ethyl adjacent to an activating group) is 1. The van der Waals surface area contributed by atoms with Gasteiger partial charge in [-0.2, -0.15) is 0 Å². The summed E-state index contributed by atoms with van der Waals surface area (Å²) >= 11 is 0. The van der Waals surface area contributed by atoms with Crippen LogP contribution in [0, 0.1) is 0 Å². The number of ether oxygens (including phenoxy) is 1. The fourth-order valence-electron chi connectivity index (χ4n) is 2.99.